The van der Waals surface area contributed by atoms with Gasteiger partial charge in [0.2, 0.25) is 0 Å². The molecule has 0 saturated heterocycles. The summed E-state index contributed by atoms with van der Waals surface area (Å²) >= 11 is 4.46. The zero-order chi connectivity index (χ0) is 9.56. The maximum absolute atomic E-state index is 10.3. The van der Waals surface area contributed by atoms with E-state index in [1.165, 1.54) is 12.1 Å². The second-order valence-electron chi connectivity index (χ2n) is 1.93. The molecule has 1 rings (SSSR count). The fraction of sp³-hybridized carbons (Fsp3) is 0. The van der Waals surface area contributed by atoms with E-state index >= 15 is 0 Å². The third kappa shape index (κ3) is 3.91. The molecular weight excluding hydrogens is 305 g/mol. The molecule has 1 aromatic rings. The van der Waals surface area contributed by atoms with Gasteiger partial charge in [-0.15, -0.1) is 0 Å². The molecule has 64 valence electrons. The van der Waals surface area contributed by atoms with Gasteiger partial charge in [0.15, 0.2) is 0 Å². The van der Waals surface area contributed by atoms with Gasteiger partial charge >= 0.3 is 36.0 Å². The van der Waals surface area contributed by atoms with E-state index in [0.29, 0.717) is 5.69 Å². The number of hydrogen-bond donors (Lipinski definition) is 2. The molecule has 0 spiro atoms. The van der Waals surface area contributed by atoms with Crippen LogP contribution >= 0.6 is 0 Å². The van der Waals surface area contributed by atoms with Crippen LogP contribution in [0.2, 0.25) is 0 Å². The molecule has 0 aromatic heterocycles. The normalized spacial score (nSPS) is 8.00. The quantitative estimate of drug-likeness (QED) is 0.589. The average Bonchev–Trinajstić information content (AvgIpc) is 2.09. The Hall–Kier alpha value is -0.302. The fourth-order valence-electron chi connectivity index (χ4n) is 0.626. The van der Waals surface area contributed by atoms with Crippen LogP contribution in [-0.4, -0.2) is 23.9 Å². The zero-order valence-corrected chi connectivity index (χ0v) is 9.78. The van der Waals surface area contributed by atoms with Gasteiger partial charge in [-0.25, -0.2) is 4.79 Å². The number of carbonyl (C=O) groups is 1. The van der Waals surface area contributed by atoms with E-state index in [4.69, 9.17) is 10.8 Å². The van der Waals surface area contributed by atoms with Gasteiger partial charge in [-0.1, -0.05) is 0 Å². The summed E-state index contributed by atoms with van der Waals surface area (Å²) < 4.78 is 0. The summed E-state index contributed by atoms with van der Waals surface area (Å²) in [5.41, 5.74) is 6.17. The summed E-state index contributed by atoms with van der Waals surface area (Å²) in [7, 11) is 0. The Balaban J connectivity index is 0.000000561. The number of nitrogen functional groups attached to an aromatic ring is 1. The van der Waals surface area contributed by atoms with E-state index in [2.05, 4.69) is 12.8 Å². The molecule has 0 radical (unpaired) electrons. The average molecular weight is 312 g/mol. The number of hydrogen-bond acceptors (Lipinski definition) is 2. The first-order chi connectivity index (χ1) is 5.70. The molecule has 0 bridgehead atoms. The number of rotatable bonds is 1. The molecule has 0 aliphatic rings. The van der Waals surface area contributed by atoms with Crippen molar-refractivity contribution in [3.8, 4) is 0 Å². The SMILES string of the molecule is Nc1ccc(C(=O)O)cc1.[Se]=[Mo]. The molecule has 3 nitrogen and oxygen atoms in total. The Kier molecular flexibility index (Phi) is 6.08. The van der Waals surface area contributed by atoms with Gasteiger partial charge in [-0.3, -0.25) is 0 Å². The Bertz CT molecular complexity index is 263. The van der Waals surface area contributed by atoms with Crippen LogP contribution in [0, 0.1) is 0 Å². The van der Waals surface area contributed by atoms with Crippen LogP contribution in [0.25, 0.3) is 0 Å². The second-order valence-corrected chi connectivity index (χ2v) is 1.93. The molecule has 3 N–H and O–H groups in total. The van der Waals surface area contributed by atoms with Crippen molar-refractivity contribution in [2.45, 2.75) is 0 Å². The number of nitrogens with two attached hydrogens (primary N) is 1. The first-order valence-electron chi connectivity index (χ1n) is 2.95. The molecule has 0 amide bonds. The summed E-state index contributed by atoms with van der Waals surface area (Å²) in [6, 6.07) is 6.06. The van der Waals surface area contributed by atoms with Crippen molar-refractivity contribution in [3.05, 3.63) is 29.8 Å². The van der Waals surface area contributed by atoms with Crippen molar-refractivity contribution in [2.24, 2.45) is 0 Å². The molecule has 1 aromatic carbocycles. The van der Waals surface area contributed by atoms with E-state index in [0.717, 1.165) is 0 Å². The van der Waals surface area contributed by atoms with Gasteiger partial charge in [0.1, 0.15) is 0 Å². The van der Waals surface area contributed by atoms with E-state index in [-0.39, 0.29) is 5.56 Å². The van der Waals surface area contributed by atoms with Crippen LogP contribution in [-0.2, 0) is 17.2 Å². The van der Waals surface area contributed by atoms with Crippen molar-refractivity contribution in [1.29, 1.82) is 0 Å². The standard InChI is InChI=1S/C7H7NO2.Mo.Se/c8-6-3-1-5(2-4-6)7(9)10;;/h1-4H,8H2,(H,9,10);;. The van der Waals surface area contributed by atoms with Crippen LogP contribution in [0.15, 0.2) is 24.3 Å². The van der Waals surface area contributed by atoms with Gasteiger partial charge < -0.3 is 10.8 Å². The monoisotopic (exact) mass is 315 g/mol. The Labute approximate surface area is 86.9 Å². The maximum atomic E-state index is 10.3. The topological polar surface area (TPSA) is 63.3 Å². The summed E-state index contributed by atoms with van der Waals surface area (Å²) in [4.78, 5) is 10.3. The summed E-state index contributed by atoms with van der Waals surface area (Å²) in [6.07, 6.45) is 0. The van der Waals surface area contributed by atoms with Gasteiger partial charge in [0.05, 0.1) is 5.56 Å². The summed E-state index contributed by atoms with van der Waals surface area (Å²) in [5.74, 6) is -0.931. The predicted octanol–water partition coefficient (Wildman–Crippen LogP) is 0.584. The Morgan fingerprint density at radius 2 is 1.75 bits per heavy atom. The molecular formula is C7H7MoNO2Se. The first kappa shape index (κ1) is 11.7. The van der Waals surface area contributed by atoms with Crippen molar-refractivity contribution < 1.29 is 27.1 Å². The van der Waals surface area contributed by atoms with Crippen molar-refractivity contribution in [3.63, 3.8) is 0 Å². The number of anilines is 1. The van der Waals surface area contributed by atoms with Gasteiger partial charge in [0, 0.05) is 5.69 Å². The van der Waals surface area contributed by atoms with Crippen LogP contribution in [0.3, 0.4) is 0 Å². The van der Waals surface area contributed by atoms with Crippen molar-refractivity contribution in [1.82, 2.24) is 0 Å². The second kappa shape index (κ2) is 6.24. The van der Waals surface area contributed by atoms with Gasteiger partial charge in [-0.2, -0.15) is 0 Å². The van der Waals surface area contributed by atoms with Crippen molar-refractivity contribution in [2.75, 3.05) is 5.73 Å². The molecule has 0 unspecified atom stereocenters. The predicted molar refractivity (Wildman–Crippen MR) is 43.6 cm³/mol. The number of aromatic carboxylic acids is 1. The van der Waals surface area contributed by atoms with Gasteiger partial charge in [0.25, 0.3) is 0 Å². The van der Waals surface area contributed by atoms with Gasteiger partial charge in [-0.05, 0) is 24.3 Å². The fourth-order valence-corrected chi connectivity index (χ4v) is 0.626. The summed E-state index contributed by atoms with van der Waals surface area (Å²) in [6.45, 7) is 0. The number of benzene rings is 1. The van der Waals surface area contributed by atoms with E-state index in [1.54, 1.807) is 12.1 Å². The summed E-state index contributed by atoms with van der Waals surface area (Å²) in [5, 5.41) is 8.43. The molecule has 12 heavy (non-hydrogen) atoms. The van der Waals surface area contributed by atoms with E-state index in [9.17, 15) is 4.79 Å². The van der Waals surface area contributed by atoms with Crippen LogP contribution in [0.1, 0.15) is 10.4 Å². The van der Waals surface area contributed by atoms with Crippen LogP contribution < -0.4 is 5.73 Å². The third-order valence-corrected chi connectivity index (χ3v) is 1.16. The minimum absolute atomic E-state index is 0.259. The molecule has 0 atom stereocenters. The molecule has 0 aliphatic heterocycles. The first-order valence-corrected chi connectivity index (χ1v) is 7.91. The molecule has 0 aliphatic carbocycles. The van der Waals surface area contributed by atoms with Crippen LogP contribution in [0.5, 0.6) is 0 Å². The number of carboxylic acid groups (broad SMARTS) is 1. The Morgan fingerprint density at radius 3 is 2.08 bits per heavy atom. The minimum atomic E-state index is -0.931. The van der Waals surface area contributed by atoms with Crippen molar-refractivity contribution >= 4 is 24.5 Å². The molecule has 0 saturated carbocycles. The Morgan fingerprint density at radius 1 is 1.33 bits per heavy atom. The van der Waals surface area contributed by atoms with Crippen LogP contribution in [0.4, 0.5) is 5.69 Å². The molecule has 0 heterocycles. The molecule has 0 fully saturated rings. The number of carboxylic acids is 1. The van der Waals surface area contributed by atoms with E-state index in [1.807, 2.05) is 17.2 Å². The molecule has 5 heteroatoms. The van der Waals surface area contributed by atoms with E-state index < -0.39 is 5.97 Å². The third-order valence-electron chi connectivity index (χ3n) is 1.16. The zero-order valence-electron chi connectivity index (χ0n) is 6.06.